The van der Waals surface area contributed by atoms with Gasteiger partial charge in [0.15, 0.2) is 0 Å². The van der Waals surface area contributed by atoms with Crippen molar-refractivity contribution in [2.24, 2.45) is 10.9 Å². The maximum Gasteiger partial charge on any atom is 0.144 e. The first-order valence-electron chi connectivity index (χ1n) is 10.3. The lowest BCUT2D eigenvalue weighted by atomic mass is 9.80. The molecule has 2 atom stereocenters. The normalized spacial score (nSPS) is 20.1. The van der Waals surface area contributed by atoms with Crippen LogP contribution in [0.5, 0.6) is 5.75 Å². The number of ether oxygens (including phenoxy) is 1. The number of likely N-dealkylation sites (tertiary alicyclic amines) is 1. The van der Waals surface area contributed by atoms with Crippen LogP contribution in [0.4, 0.5) is 0 Å². The van der Waals surface area contributed by atoms with Gasteiger partial charge in [-0.3, -0.25) is 9.97 Å². The molecule has 2 unspecified atom stereocenters. The van der Waals surface area contributed by atoms with Crippen LogP contribution in [0, 0.1) is 28.6 Å². The van der Waals surface area contributed by atoms with Crippen molar-refractivity contribution < 1.29 is 9.84 Å². The highest BCUT2D eigenvalue weighted by atomic mass is 32.2. The first-order chi connectivity index (χ1) is 15.7. The molecule has 0 saturated carbocycles. The molecule has 0 amide bonds. The first kappa shape index (κ1) is 21.8. The Morgan fingerprint density at radius 3 is 2.59 bits per heavy atom. The van der Waals surface area contributed by atoms with Crippen molar-refractivity contribution >= 4 is 16.8 Å². The number of aliphatic hydroxyl groups excluding tert-OH is 1. The van der Waals surface area contributed by atoms with Gasteiger partial charge in [-0.25, -0.2) is 4.99 Å². The zero-order chi connectivity index (χ0) is 22.3. The molecule has 0 bridgehead atoms. The molecule has 1 fully saturated rings. The summed E-state index contributed by atoms with van der Waals surface area (Å²) in [5, 5.41) is 29.8. The third-order valence-corrected chi connectivity index (χ3v) is 6.45. The molecule has 32 heavy (non-hydrogen) atoms. The van der Waals surface area contributed by atoms with E-state index < -0.39 is 11.8 Å². The number of nitriles is 2. The first-order valence-corrected chi connectivity index (χ1v) is 11.3. The van der Waals surface area contributed by atoms with E-state index >= 15 is 0 Å². The lowest BCUT2D eigenvalue weighted by Gasteiger charge is -2.38. The largest absolute Gasteiger partial charge is 0.491 e. The molecule has 8 nitrogen and oxygen atoms in total. The summed E-state index contributed by atoms with van der Waals surface area (Å²) < 4.78 is 5.46. The third kappa shape index (κ3) is 4.59. The second-order valence-corrected chi connectivity index (χ2v) is 8.35. The number of nitrogens with zero attached hydrogens (tertiary/aromatic N) is 6. The predicted molar refractivity (Wildman–Crippen MR) is 120 cm³/mol. The molecule has 162 valence electrons. The molecular weight excluding hydrogens is 424 g/mol. The summed E-state index contributed by atoms with van der Waals surface area (Å²) in [7, 11) is 0. The van der Waals surface area contributed by atoms with E-state index in [1.165, 1.54) is 11.8 Å². The third-order valence-electron chi connectivity index (χ3n) is 5.37. The highest BCUT2D eigenvalue weighted by Gasteiger charge is 2.39. The van der Waals surface area contributed by atoms with E-state index in [9.17, 15) is 10.5 Å². The van der Waals surface area contributed by atoms with Gasteiger partial charge in [-0.05, 0) is 24.1 Å². The standard InChI is InChI=1S/C23H22N6O2S/c24-12-19-21(16-2-4-18(5-3-16)31-11-10-30)20(13-25)23(28-22(19)29-8-1-9-29)32-15-17-14-26-6-7-27-17/h2-7,14,20-21,30H,1,8-11,15H2. The van der Waals surface area contributed by atoms with Gasteiger partial charge in [0, 0.05) is 43.4 Å². The zero-order valence-corrected chi connectivity index (χ0v) is 18.2. The predicted octanol–water partition coefficient (Wildman–Crippen LogP) is 2.86. The minimum absolute atomic E-state index is 0.0652. The summed E-state index contributed by atoms with van der Waals surface area (Å²) in [6, 6.07) is 12.1. The second kappa shape index (κ2) is 10.3. The molecule has 4 rings (SSSR count). The monoisotopic (exact) mass is 446 g/mol. The van der Waals surface area contributed by atoms with E-state index in [4.69, 9.17) is 14.8 Å². The average Bonchev–Trinajstić information content (AvgIpc) is 2.80. The molecule has 1 saturated heterocycles. The van der Waals surface area contributed by atoms with Gasteiger partial charge in [0.2, 0.25) is 0 Å². The lowest BCUT2D eigenvalue weighted by Crippen LogP contribution is -2.39. The van der Waals surface area contributed by atoms with Gasteiger partial charge >= 0.3 is 0 Å². The van der Waals surface area contributed by atoms with Crippen LogP contribution in [-0.2, 0) is 5.75 Å². The average molecular weight is 447 g/mol. The number of aliphatic imine (C=N–C) groups is 1. The fourth-order valence-corrected chi connectivity index (χ4v) is 4.63. The SMILES string of the molecule is N#CC1=C(N2CCC2)N=C(SCc2cnccn2)C(C#N)C1c1ccc(OCCO)cc1. The van der Waals surface area contributed by atoms with Crippen molar-refractivity contribution in [2.45, 2.75) is 18.1 Å². The molecule has 1 N–H and O–H groups in total. The molecule has 0 radical (unpaired) electrons. The van der Waals surface area contributed by atoms with Crippen LogP contribution in [0.1, 0.15) is 23.6 Å². The number of aliphatic hydroxyl groups is 1. The Labute approximate surface area is 190 Å². The molecule has 2 aliphatic rings. The van der Waals surface area contributed by atoms with E-state index in [1.54, 1.807) is 30.7 Å². The van der Waals surface area contributed by atoms with E-state index in [0.29, 0.717) is 27.9 Å². The van der Waals surface area contributed by atoms with Crippen LogP contribution in [-0.4, -0.2) is 51.3 Å². The topological polar surface area (TPSA) is 118 Å². The van der Waals surface area contributed by atoms with Gasteiger partial charge in [-0.2, -0.15) is 10.5 Å². The zero-order valence-electron chi connectivity index (χ0n) is 17.4. The molecule has 0 aliphatic carbocycles. The number of allylic oxidation sites excluding steroid dienone is 1. The van der Waals surface area contributed by atoms with Crippen molar-refractivity contribution in [1.29, 1.82) is 10.5 Å². The number of aromatic nitrogens is 2. The molecule has 2 aliphatic heterocycles. The number of hydrogen-bond donors (Lipinski definition) is 1. The highest BCUT2D eigenvalue weighted by molar-refractivity contribution is 8.13. The Hall–Kier alpha value is -3.40. The summed E-state index contributed by atoms with van der Waals surface area (Å²) in [6.07, 6.45) is 6.03. The number of hydrogen-bond acceptors (Lipinski definition) is 9. The van der Waals surface area contributed by atoms with Crippen molar-refractivity contribution in [3.05, 3.63) is 65.5 Å². The Kier molecular flexibility index (Phi) is 7.00. The van der Waals surface area contributed by atoms with Gasteiger partial charge in [0.25, 0.3) is 0 Å². The summed E-state index contributed by atoms with van der Waals surface area (Å²) in [6.45, 7) is 1.85. The molecule has 0 spiro atoms. The minimum Gasteiger partial charge on any atom is -0.491 e. The summed E-state index contributed by atoms with van der Waals surface area (Å²) in [5.41, 5.74) is 2.18. The molecule has 3 heterocycles. The lowest BCUT2D eigenvalue weighted by molar-refractivity contribution is 0.201. The Morgan fingerprint density at radius 2 is 2.00 bits per heavy atom. The summed E-state index contributed by atoms with van der Waals surface area (Å²) in [4.78, 5) is 15.3. The van der Waals surface area contributed by atoms with E-state index in [2.05, 4.69) is 27.0 Å². The number of thioether (sulfide) groups is 1. The van der Waals surface area contributed by atoms with Crippen LogP contribution in [0.3, 0.4) is 0 Å². The van der Waals surface area contributed by atoms with Gasteiger partial charge in [0.1, 0.15) is 24.1 Å². The molecular formula is C23H22N6O2S. The van der Waals surface area contributed by atoms with Crippen LogP contribution in [0.25, 0.3) is 0 Å². The Morgan fingerprint density at radius 1 is 1.19 bits per heavy atom. The van der Waals surface area contributed by atoms with Crippen molar-refractivity contribution in [3.63, 3.8) is 0 Å². The quantitative estimate of drug-likeness (QED) is 0.690. The molecule has 2 aromatic rings. The molecule has 9 heteroatoms. The Bertz CT molecular complexity index is 1080. The molecule has 1 aromatic heterocycles. The van der Waals surface area contributed by atoms with Crippen LogP contribution in [0.2, 0.25) is 0 Å². The Balaban J connectivity index is 1.68. The van der Waals surface area contributed by atoms with Crippen LogP contribution in [0.15, 0.2) is 59.2 Å². The van der Waals surface area contributed by atoms with Gasteiger partial charge in [0.05, 0.1) is 35.1 Å². The fourth-order valence-electron chi connectivity index (χ4n) is 3.67. The van der Waals surface area contributed by atoms with Crippen LogP contribution >= 0.6 is 11.8 Å². The highest BCUT2D eigenvalue weighted by Crippen LogP contribution is 2.43. The maximum absolute atomic E-state index is 10.1. The number of benzene rings is 1. The van der Waals surface area contributed by atoms with E-state index in [0.717, 1.165) is 30.8 Å². The van der Waals surface area contributed by atoms with Gasteiger partial charge in [-0.1, -0.05) is 12.1 Å². The second-order valence-electron chi connectivity index (χ2n) is 7.35. The van der Waals surface area contributed by atoms with Crippen molar-refractivity contribution in [2.75, 3.05) is 26.3 Å². The van der Waals surface area contributed by atoms with Gasteiger partial charge in [-0.15, -0.1) is 11.8 Å². The van der Waals surface area contributed by atoms with E-state index in [-0.39, 0.29) is 13.2 Å². The van der Waals surface area contributed by atoms with Crippen LogP contribution < -0.4 is 4.74 Å². The maximum atomic E-state index is 10.1. The fraction of sp³-hybridized carbons (Fsp3) is 0.348. The number of rotatable bonds is 7. The molecule has 1 aromatic carbocycles. The smallest absolute Gasteiger partial charge is 0.144 e. The minimum atomic E-state index is -0.583. The van der Waals surface area contributed by atoms with Crippen molar-refractivity contribution in [1.82, 2.24) is 14.9 Å². The summed E-state index contributed by atoms with van der Waals surface area (Å²) >= 11 is 1.47. The van der Waals surface area contributed by atoms with E-state index in [1.807, 2.05) is 12.1 Å². The van der Waals surface area contributed by atoms with Crippen molar-refractivity contribution in [3.8, 4) is 17.9 Å². The van der Waals surface area contributed by atoms with Gasteiger partial charge < -0.3 is 14.7 Å². The summed E-state index contributed by atoms with van der Waals surface area (Å²) in [5.74, 6) is 0.830.